The second-order valence-electron chi connectivity index (χ2n) is 5.83. The lowest BCUT2D eigenvalue weighted by Crippen LogP contribution is -2.27. The molecule has 0 heterocycles. The first-order chi connectivity index (χ1) is 6.05. The van der Waals surface area contributed by atoms with Crippen LogP contribution in [0.25, 0.3) is 0 Å². The van der Waals surface area contributed by atoms with Crippen LogP contribution in [-0.2, 0) is 0 Å². The van der Waals surface area contributed by atoms with Gasteiger partial charge in [0.1, 0.15) is 12.2 Å². The van der Waals surface area contributed by atoms with E-state index in [-0.39, 0.29) is 10.8 Å². The summed E-state index contributed by atoms with van der Waals surface area (Å²) < 4.78 is 0. The molecule has 0 saturated heterocycles. The van der Waals surface area contributed by atoms with Crippen molar-refractivity contribution in [1.82, 2.24) is 0 Å². The van der Waals surface area contributed by atoms with Gasteiger partial charge >= 0.3 is 0 Å². The molecule has 2 atom stereocenters. The smallest absolute Gasteiger partial charge is 0.119 e. The Morgan fingerprint density at radius 2 is 0.929 bits per heavy atom. The minimum Gasteiger partial charge on any atom is -0.380 e. The van der Waals surface area contributed by atoms with Crippen LogP contribution in [0.1, 0.15) is 41.5 Å². The van der Waals surface area contributed by atoms with Crippen LogP contribution < -0.4 is 0 Å². The van der Waals surface area contributed by atoms with Crippen molar-refractivity contribution in [2.75, 3.05) is 0 Å². The van der Waals surface area contributed by atoms with E-state index in [0.717, 1.165) is 0 Å². The number of rotatable bonds is 0. The molecule has 0 aromatic rings. The molecule has 0 fully saturated rings. The second kappa shape index (κ2) is 4.33. The summed E-state index contributed by atoms with van der Waals surface area (Å²) >= 11 is 0. The van der Waals surface area contributed by atoms with Crippen LogP contribution in [0.2, 0.25) is 0 Å². The third-order valence-corrected chi connectivity index (χ3v) is 2.00. The minimum atomic E-state index is -0.695. The Balaban J connectivity index is 4.46. The molecule has 0 aliphatic rings. The summed E-state index contributed by atoms with van der Waals surface area (Å²) in [6.45, 7) is 11.5. The van der Waals surface area contributed by atoms with Gasteiger partial charge < -0.3 is 10.2 Å². The Morgan fingerprint density at radius 3 is 1.07 bits per heavy atom. The van der Waals surface area contributed by atoms with Crippen molar-refractivity contribution in [2.24, 2.45) is 10.8 Å². The van der Waals surface area contributed by atoms with Crippen molar-refractivity contribution in [2.45, 2.75) is 53.8 Å². The summed E-state index contributed by atoms with van der Waals surface area (Å²) in [5.74, 6) is 5.37. The van der Waals surface area contributed by atoms with Crippen molar-refractivity contribution in [3.05, 3.63) is 0 Å². The fourth-order valence-corrected chi connectivity index (χ4v) is 0.591. The van der Waals surface area contributed by atoms with E-state index < -0.39 is 12.2 Å². The lowest BCUT2D eigenvalue weighted by molar-refractivity contribution is 0.104. The lowest BCUT2D eigenvalue weighted by atomic mass is 9.87. The quantitative estimate of drug-likeness (QED) is 0.583. The van der Waals surface area contributed by atoms with Crippen molar-refractivity contribution < 1.29 is 10.2 Å². The largest absolute Gasteiger partial charge is 0.380 e. The van der Waals surface area contributed by atoms with Crippen molar-refractivity contribution in [1.29, 1.82) is 0 Å². The summed E-state index contributed by atoms with van der Waals surface area (Å²) in [7, 11) is 0. The molecule has 14 heavy (non-hydrogen) atoms. The highest BCUT2D eigenvalue weighted by atomic mass is 16.3. The molecule has 0 amide bonds. The number of hydrogen-bond donors (Lipinski definition) is 2. The molecule has 0 aliphatic carbocycles. The van der Waals surface area contributed by atoms with Crippen LogP contribution in [0.4, 0.5) is 0 Å². The van der Waals surface area contributed by atoms with Gasteiger partial charge in [0.05, 0.1) is 0 Å². The van der Waals surface area contributed by atoms with Gasteiger partial charge in [0.25, 0.3) is 0 Å². The monoisotopic (exact) mass is 198 g/mol. The zero-order valence-electron chi connectivity index (χ0n) is 10.0. The minimum absolute atomic E-state index is 0.259. The van der Waals surface area contributed by atoms with E-state index in [1.807, 2.05) is 41.5 Å². The van der Waals surface area contributed by atoms with E-state index in [1.54, 1.807) is 0 Å². The van der Waals surface area contributed by atoms with E-state index in [4.69, 9.17) is 0 Å². The van der Waals surface area contributed by atoms with Gasteiger partial charge in [0.15, 0.2) is 0 Å². The number of aliphatic hydroxyl groups excluding tert-OH is 2. The zero-order valence-corrected chi connectivity index (χ0v) is 10.0. The van der Waals surface area contributed by atoms with Crippen LogP contribution in [0, 0.1) is 22.7 Å². The van der Waals surface area contributed by atoms with E-state index >= 15 is 0 Å². The molecule has 0 aromatic carbocycles. The average molecular weight is 198 g/mol. The highest BCUT2D eigenvalue weighted by Gasteiger charge is 2.22. The first kappa shape index (κ1) is 13.5. The average Bonchev–Trinajstić information content (AvgIpc) is 1.95. The molecule has 2 nitrogen and oxygen atoms in total. The van der Waals surface area contributed by atoms with Gasteiger partial charge in [0, 0.05) is 0 Å². The normalized spacial score (nSPS) is 16.9. The molecule has 0 rings (SSSR count). The Kier molecular flexibility index (Phi) is 4.17. The first-order valence-electron chi connectivity index (χ1n) is 4.92. The fraction of sp³-hybridized carbons (Fsp3) is 0.833. The van der Waals surface area contributed by atoms with Crippen LogP contribution in [0.15, 0.2) is 0 Å². The highest BCUT2D eigenvalue weighted by molar-refractivity contribution is 5.13. The Labute approximate surface area is 87.3 Å². The van der Waals surface area contributed by atoms with E-state index in [0.29, 0.717) is 0 Å². The Hall–Kier alpha value is -0.520. The summed E-state index contributed by atoms with van der Waals surface area (Å²) in [6, 6.07) is 0. The van der Waals surface area contributed by atoms with Crippen molar-refractivity contribution >= 4 is 0 Å². The van der Waals surface area contributed by atoms with Crippen LogP contribution in [0.5, 0.6) is 0 Å². The SMILES string of the molecule is CC(C)(C)[C@H](O)C#C[C@H](O)C(C)(C)C. The maximum absolute atomic E-state index is 9.62. The highest BCUT2D eigenvalue weighted by Crippen LogP contribution is 2.20. The first-order valence-corrected chi connectivity index (χ1v) is 4.92. The molecule has 82 valence electrons. The molecule has 0 unspecified atom stereocenters. The molecular weight excluding hydrogens is 176 g/mol. The molecule has 2 N–H and O–H groups in total. The summed E-state index contributed by atoms with van der Waals surface area (Å²) in [5.41, 5.74) is -0.519. The van der Waals surface area contributed by atoms with Crippen molar-refractivity contribution in [3.63, 3.8) is 0 Å². The molecule has 0 bridgehead atoms. The van der Waals surface area contributed by atoms with Gasteiger partial charge in [-0.15, -0.1) is 0 Å². The molecule has 0 radical (unpaired) electrons. The van der Waals surface area contributed by atoms with Gasteiger partial charge in [-0.1, -0.05) is 53.4 Å². The Morgan fingerprint density at radius 1 is 0.714 bits per heavy atom. The molecular formula is C12H22O2. The lowest BCUT2D eigenvalue weighted by Gasteiger charge is -2.23. The van der Waals surface area contributed by atoms with E-state index in [2.05, 4.69) is 11.8 Å². The van der Waals surface area contributed by atoms with Gasteiger partial charge in [-0.3, -0.25) is 0 Å². The third kappa shape index (κ3) is 4.64. The molecule has 2 heteroatoms. The fourth-order valence-electron chi connectivity index (χ4n) is 0.591. The predicted octanol–water partition coefficient (Wildman–Crippen LogP) is 1.80. The van der Waals surface area contributed by atoms with Gasteiger partial charge in [-0.05, 0) is 10.8 Å². The standard InChI is InChI=1S/C12H22O2/c1-11(2,3)9(13)7-8-10(14)12(4,5)6/h9-10,13-14H,1-6H3/t9-,10+. The zero-order chi connectivity index (χ0) is 11.6. The number of hydrogen-bond acceptors (Lipinski definition) is 2. The third-order valence-electron chi connectivity index (χ3n) is 2.00. The molecule has 0 spiro atoms. The predicted molar refractivity (Wildman–Crippen MR) is 58.7 cm³/mol. The van der Waals surface area contributed by atoms with Gasteiger partial charge in [-0.2, -0.15) is 0 Å². The summed E-state index contributed by atoms with van der Waals surface area (Å²) in [5, 5.41) is 19.2. The van der Waals surface area contributed by atoms with E-state index in [1.165, 1.54) is 0 Å². The van der Waals surface area contributed by atoms with Crippen LogP contribution in [0.3, 0.4) is 0 Å². The molecule has 0 aliphatic heterocycles. The van der Waals surface area contributed by atoms with Gasteiger partial charge in [0.2, 0.25) is 0 Å². The number of aliphatic hydroxyl groups is 2. The van der Waals surface area contributed by atoms with E-state index in [9.17, 15) is 10.2 Å². The van der Waals surface area contributed by atoms with Crippen LogP contribution >= 0.6 is 0 Å². The molecule has 0 saturated carbocycles. The molecule has 0 aromatic heterocycles. The maximum atomic E-state index is 9.62. The van der Waals surface area contributed by atoms with Crippen molar-refractivity contribution in [3.8, 4) is 11.8 Å². The second-order valence-corrected chi connectivity index (χ2v) is 5.83. The maximum Gasteiger partial charge on any atom is 0.119 e. The summed E-state index contributed by atoms with van der Waals surface area (Å²) in [6.07, 6.45) is -1.39. The van der Waals surface area contributed by atoms with Crippen LogP contribution in [-0.4, -0.2) is 22.4 Å². The Bertz CT molecular complexity index is 208. The van der Waals surface area contributed by atoms with Gasteiger partial charge in [-0.25, -0.2) is 0 Å². The topological polar surface area (TPSA) is 40.5 Å². The summed E-state index contributed by atoms with van der Waals surface area (Å²) in [4.78, 5) is 0.